The van der Waals surface area contributed by atoms with E-state index < -0.39 is 0 Å². The lowest BCUT2D eigenvalue weighted by Gasteiger charge is -2.38. The van der Waals surface area contributed by atoms with Gasteiger partial charge in [0.15, 0.2) is 0 Å². The standard InChI is InChI=1S/C14H28N2O/c1-11(2)13(17)16-9-7-6-8-12(16)10-15-14(3,4)5/h11-12,15H,6-10H2,1-5H3. The summed E-state index contributed by atoms with van der Waals surface area (Å²) in [7, 11) is 0. The molecule has 1 aliphatic heterocycles. The van der Waals surface area contributed by atoms with Crippen LogP contribution in [0.1, 0.15) is 53.9 Å². The Bertz CT molecular complexity index is 255. The molecule has 1 heterocycles. The highest BCUT2D eigenvalue weighted by atomic mass is 16.2. The molecule has 1 rings (SSSR count). The minimum Gasteiger partial charge on any atom is -0.338 e. The van der Waals surface area contributed by atoms with Crippen molar-refractivity contribution in [2.45, 2.75) is 65.5 Å². The van der Waals surface area contributed by atoms with Crippen molar-refractivity contribution in [3.05, 3.63) is 0 Å². The summed E-state index contributed by atoms with van der Waals surface area (Å²) in [6, 6.07) is 0.387. The van der Waals surface area contributed by atoms with Crippen LogP contribution in [0.5, 0.6) is 0 Å². The largest absolute Gasteiger partial charge is 0.338 e. The van der Waals surface area contributed by atoms with E-state index in [2.05, 4.69) is 31.0 Å². The number of hydrogen-bond donors (Lipinski definition) is 1. The first kappa shape index (κ1) is 14.5. The van der Waals surface area contributed by atoms with Gasteiger partial charge in [-0.2, -0.15) is 0 Å². The molecule has 1 N–H and O–H groups in total. The van der Waals surface area contributed by atoms with Crippen molar-refractivity contribution < 1.29 is 4.79 Å². The minimum absolute atomic E-state index is 0.116. The van der Waals surface area contributed by atoms with E-state index in [9.17, 15) is 4.79 Å². The Balaban J connectivity index is 2.57. The topological polar surface area (TPSA) is 32.3 Å². The normalized spacial score (nSPS) is 22.0. The van der Waals surface area contributed by atoms with E-state index in [0.29, 0.717) is 11.9 Å². The van der Waals surface area contributed by atoms with Crippen molar-refractivity contribution in [2.24, 2.45) is 5.92 Å². The summed E-state index contributed by atoms with van der Waals surface area (Å²) in [4.78, 5) is 14.2. The third-order valence-electron chi connectivity index (χ3n) is 3.27. The number of rotatable bonds is 3. The van der Waals surface area contributed by atoms with Gasteiger partial charge < -0.3 is 10.2 Å². The van der Waals surface area contributed by atoms with Gasteiger partial charge >= 0.3 is 0 Å². The molecule has 0 aliphatic carbocycles. The highest BCUT2D eigenvalue weighted by Crippen LogP contribution is 2.19. The average Bonchev–Trinajstić information content (AvgIpc) is 2.24. The number of nitrogens with one attached hydrogen (secondary N) is 1. The molecule has 17 heavy (non-hydrogen) atoms. The highest BCUT2D eigenvalue weighted by molar-refractivity contribution is 5.78. The summed E-state index contributed by atoms with van der Waals surface area (Å²) in [6.07, 6.45) is 3.55. The van der Waals surface area contributed by atoms with Crippen molar-refractivity contribution in [3.8, 4) is 0 Å². The molecule has 1 saturated heterocycles. The van der Waals surface area contributed by atoms with E-state index in [-0.39, 0.29) is 11.5 Å². The molecule has 1 fully saturated rings. The van der Waals surface area contributed by atoms with Crippen molar-refractivity contribution in [2.75, 3.05) is 13.1 Å². The van der Waals surface area contributed by atoms with Crippen LogP contribution >= 0.6 is 0 Å². The molecule has 1 amide bonds. The van der Waals surface area contributed by atoms with Crippen molar-refractivity contribution in [3.63, 3.8) is 0 Å². The molecule has 0 saturated carbocycles. The maximum atomic E-state index is 12.1. The van der Waals surface area contributed by atoms with Gasteiger partial charge in [0.2, 0.25) is 5.91 Å². The van der Waals surface area contributed by atoms with Crippen molar-refractivity contribution in [1.82, 2.24) is 10.2 Å². The fourth-order valence-corrected chi connectivity index (χ4v) is 2.26. The summed E-state index contributed by atoms with van der Waals surface area (Å²) in [5.74, 6) is 0.427. The van der Waals surface area contributed by atoms with Crippen LogP contribution < -0.4 is 5.32 Å². The summed E-state index contributed by atoms with van der Waals surface area (Å²) < 4.78 is 0. The van der Waals surface area contributed by atoms with Crippen LogP contribution in [0, 0.1) is 5.92 Å². The van der Waals surface area contributed by atoms with E-state index in [1.165, 1.54) is 6.42 Å². The zero-order valence-corrected chi connectivity index (χ0v) is 12.0. The number of amides is 1. The summed E-state index contributed by atoms with van der Waals surface area (Å²) >= 11 is 0. The van der Waals surface area contributed by atoms with Crippen LogP contribution in [0.25, 0.3) is 0 Å². The predicted molar refractivity (Wildman–Crippen MR) is 71.9 cm³/mol. The first-order valence-corrected chi connectivity index (χ1v) is 6.87. The Morgan fingerprint density at radius 3 is 2.53 bits per heavy atom. The quantitative estimate of drug-likeness (QED) is 0.821. The second kappa shape index (κ2) is 5.85. The van der Waals surface area contributed by atoms with Gasteiger partial charge in [-0.1, -0.05) is 13.8 Å². The molecule has 3 nitrogen and oxygen atoms in total. The lowest BCUT2D eigenvalue weighted by molar-refractivity contribution is -0.138. The van der Waals surface area contributed by atoms with Crippen LogP contribution in [0.3, 0.4) is 0 Å². The van der Waals surface area contributed by atoms with Crippen LogP contribution in [-0.4, -0.2) is 35.5 Å². The predicted octanol–water partition coefficient (Wildman–Crippen LogP) is 2.41. The van der Waals surface area contributed by atoms with Gasteiger partial charge in [0.1, 0.15) is 0 Å². The fourth-order valence-electron chi connectivity index (χ4n) is 2.26. The fraction of sp³-hybridized carbons (Fsp3) is 0.929. The smallest absolute Gasteiger partial charge is 0.225 e. The third kappa shape index (κ3) is 4.66. The Hall–Kier alpha value is -0.570. The first-order chi connectivity index (χ1) is 7.81. The molecule has 1 atom stereocenters. The van der Waals surface area contributed by atoms with Gasteiger partial charge in [0, 0.05) is 30.6 Å². The molecule has 100 valence electrons. The second-order valence-corrected chi connectivity index (χ2v) is 6.47. The molecule has 0 aromatic heterocycles. The van der Waals surface area contributed by atoms with Crippen molar-refractivity contribution in [1.29, 1.82) is 0 Å². The molecular formula is C14H28N2O. The van der Waals surface area contributed by atoms with Gasteiger partial charge in [-0.3, -0.25) is 4.79 Å². The molecule has 0 radical (unpaired) electrons. The highest BCUT2D eigenvalue weighted by Gasteiger charge is 2.28. The number of likely N-dealkylation sites (tertiary alicyclic amines) is 1. The molecular weight excluding hydrogens is 212 g/mol. The van der Waals surface area contributed by atoms with Crippen LogP contribution in [0.2, 0.25) is 0 Å². The third-order valence-corrected chi connectivity index (χ3v) is 3.27. The summed E-state index contributed by atoms with van der Waals surface area (Å²) in [6.45, 7) is 12.4. The number of nitrogens with zero attached hydrogens (tertiary/aromatic N) is 1. The molecule has 0 aromatic rings. The van der Waals surface area contributed by atoms with Crippen molar-refractivity contribution >= 4 is 5.91 Å². The lowest BCUT2D eigenvalue weighted by Crippen LogP contribution is -2.52. The van der Waals surface area contributed by atoms with Gasteiger partial charge in [0.25, 0.3) is 0 Å². The first-order valence-electron chi connectivity index (χ1n) is 6.87. The number of hydrogen-bond acceptors (Lipinski definition) is 2. The van der Waals surface area contributed by atoms with E-state index in [1.807, 2.05) is 13.8 Å². The zero-order chi connectivity index (χ0) is 13.1. The van der Waals surface area contributed by atoms with Gasteiger partial charge in [-0.05, 0) is 40.0 Å². The van der Waals surface area contributed by atoms with Crippen LogP contribution in [0.15, 0.2) is 0 Å². The number of carbonyl (C=O) groups is 1. The van der Waals surface area contributed by atoms with E-state index in [1.54, 1.807) is 0 Å². The van der Waals surface area contributed by atoms with Gasteiger partial charge in [-0.25, -0.2) is 0 Å². The minimum atomic E-state index is 0.116. The second-order valence-electron chi connectivity index (χ2n) is 6.47. The Kier molecular flexibility index (Phi) is 4.99. The maximum Gasteiger partial charge on any atom is 0.225 e. The monoisotopic (exact) mass is 240 g/mol. The number of carbonyl (C=O) groups excluding carboxylic acids is 1. The average molecular weight is 240 g/mol. The molecule has 1 aliphatic rings. The van der Waals surface area contributed by atoms with Crippen LogP contribution in [0.4, 0.5) is 0 Å². The Morgan fingerprint density at radius 2 is 2.00 bits per heavy atom. The Morgan fingerprint density at radius 1 is 1.35 bits per heavy atom. The Labute approximate surface area is 106 Å². The number of piperidine rings is 1. The maximum absolute atomic E-state index is 12.1. The lowest BCUT2D eigenvalue weighted by atomic mass is 9.98. The summed E-state index contributed by atoms with van der Waals surface area (Å²) in [5.41, 5.74) is 0.129. The van der Waals surface area contributed by atoms with Gasteiger partial charge in [-0.15, -0.1) is 0 Å². The molecule has 0 spiro atoms. The SMILES string of the molecule is CC(C)C(=O)N1CCCCC1CNC(C)(C)C. The molecule has 3 heteroatoms. The molecule has 0 bridgehead atoms. The van der Waals surface area contributed by atoms with E-state index in [0.717, 1.165) is 25.9 Å². The van der Waals surface area contributed by atoms with E-state index in [4.69, 9.17) is 0 Å². The van der Waals surface area contributed by atoms with Gasteiger partial charge in [0.05, 0.1) is 0 Å². The van der Waals surface area contributed by atoms with Crippen LogP contribution in [-0.2, 0) is 4.79 Å². The zero-order valence-electron chi connectivity index (χ0n) is 12.0. The summed E-state index contributed by atoms with van der Waals surface area (Å²) in [5, 5.41) is 3.52. The molecule has 1 unspecified atom stereocenters. The van der Waals surface area contributed by atoms with E-state index >= 15 is 0 Å². The molecule has 0 aromatic carbocycles.